The first-order chi connectivity index (χ1) is 9.14. The van der Waals surface area contributed by atoms with Crippen LogP contribution in [0.5, 0.6) is 0 Å². The van der Waals surface area contributed by atoms with Gasteiger partial charge in [-0.15, -0.1) is 0 Å². The summed E-state index contributed by atoms with van der Waals surface area (Å²) in [5.41, 5.74) is 5.47. The van der Waals surface area contributed by atoms with Gasteiger partial charge in [0.15, 0.2) is 5.03 Å². The summed E-state index contributed by atoms with van der Waals surface area (Å²) in [5, 5.41) is 0.0705. The molecule has 1 aromatic heterocycles. The molecule has 0 saturated heterocycles. The van der Waals surface area contributed by atoms with Crippen LogP contribution in [0.25, 0.3) is 0 Å². The summed E-state index contributed by atoms with van der Waals surface area (Å²) in [6.07, 6.45) is 1.89. The summed E-state index contributed by atoms with van der Waals surface area (Å²) in [7, 11) is -1.84. The molecule has 1 aromatic rings. The molecule has 0 saturated carbocycles. The van der Waals surface area contributed by atoms with E-state index in [-0.39, 0.29) is 17.5 Å². The van der Waals surface area contributed by atoms with Crippen LogP contribution in [0.4, 0.5) is 0 Å². The summed E-state index contributed by atoms with van der Waals surface area (Å²) in [4.78, 5) is 4.42. The molecule has 20 heavy (non-hydrogen) atoms. The molecule has 0 bridgehead atoms. The molecular formula is C12H22N4O2S2. The van der Waals surface area contributed by atoms with Crippen molar-refractivity contribution in [3.63, 3.8) is 0 Å². The topological polar surface area (TPSA) is 81.2 Å². The van der Waals surface area contributed by atoms with Gasteiger partial charge in [-0.2, -0.15) is 4.31 Å². The molecule has 0 spiro atoms. The normalized spacial score (nSPS) is 12.3. The average molecular weight is 318 g/mol. The first-order valence-corrected chi connectivity index (χ1v) is 8.28. The van der Waals surface area contributed by atoms with Gasteiger partial charge in [-0.05, 0) is 12.8 Å². The Bertz CT molecular complexity index is 559. The van der Waals surface area contributed by atoms with Gasteiger partial charge >= 0.3 is 0 Å². The Balaban J connectivity index is 3.06. The number of nitrogens with two attached hydrogens (primary N) is 1. The average Bonchev–Trinajstić information content (AvgIpc) is 2.65. The zero-order valence-electron chi connectivity index (χ0n) is 12.3. The van der Waals surface area contributed by atoms with E-state index in [0.717, 1.165) is 0 Å². The second kappa shape index (κ2) is 6.64. The number of hydrogen-bond donors (Lipinski definition) is 1. The summed E-state index contributed by atoms with van der Waals surface area (Å²) in [6.45, 7) is 6.40. The van der Waals surface area contributed by atoms with Gasteiger partial charge in [0.1, 0.15) is 5.82 Å². The van der Waals surface area contributed by atoms with E-state index in [4.69, 9.17) is 18.0 Å². The number of rotatable bonds is 7. The fourth-order valence-corrected chi connectivity index (χ4v) is 3.46. The molecule has 6 nitrogen and oxygen atoms in total. The largest absolute Gasteiger partial charge is 0.393 e. The Hall–Kier alpha value is -0.990. The van der Waals surface area contributed by atoms with Crippen molar-refractivity contribution >= 4 is 27.2 Å². The van der Waals surface area contributed by atoms with E-state index < -0.39 is 10.0 Å². The number of nitrogens with zero attached hydrogens (tertiary/aromatic N) is 3. The van der Waals surface area contributed by atoms with E-state index in [1.54, 1.807) is 18.5 Å². The lowest BCUT2D eigenvalue weighted by Crippen LogP contribution is -2.36. The van der Waals surface area contributed by atoms with Gasteiger partial charge < -0.3 is 10.3 Å². The summed E-state index contributed by atoms with van der Waals surface area (Å²) >= 11 is 4.83. The molecule has 1 heterocycles. The molecule has 0 aliphatic rings. The van der Waals surface area contributed by atoms with Crippen molar-refractivity contribution in [3.8, 4) is 0 Å². The van der Waals surface area contributed by atoms with Crippen LogP contribution >= 0.6 is 12.2 Å². The fraction of sp³-hybridized carbons (Fsp3) is 0.667. The highest BCUT2D eigenvalue weighted by Crippen LogP contribution is 2.16. The van der Waals surface area contributed by atoms with Crippen molar-refractivity contribution in [1.82, 2.24) is 13.9 Å². The zero-order chi connectivity index (χ0) is 15.5. The maximum atomic E-state index is 12.6. The van der Waals surface area contributed by atoms with Crippen molar-refractivity contribution in [3.05, 3.63) is 12.0 Å². The van der Waals surface area contributed by atoms with Gasteiger partial charge in [0, 0.05) is 32.8 Å². The lowest BCUT2D eigenvalue weighted by atomic mass is 10.2. The molecule has 0 aromatic carbocycles. The molecule has 114 valence electrons. The van der Waals surface area contributed by atoms with E-state index in [9.17, 15) is 8.42 Å². The number of hydrogen-bond acceptors (Lipinski definition) is 4. The number of sulfonamides is 1. The molecule has 0 aliphatic heterocycles. The van der Waals surface area contributed by atoms with Crippen molar-refractivity contribution in [1.29, 1.82) is 0 Å². The van der Waals surface area contributed by atoms with Crippen LogP contribution in [0.15, 0.2) is 11.2 Å². The van der Waals surface area contributed by atoms with Crippen molar-refractivity contribution < 1.29 is 8.42 Å². The van der Waals surface area contributed by atoms with Gasteiger partial charge in [0.2, 0.25) is 0 Å². The number of aromatic nitrogens is 2. The van der Waals surface area contributed by atoms with Gasteiger partial charge in [-0.3, -0.25) is 0 Å². The highest BCUT2D eigenvalue weighted by atomic mass is 32.2. The van der Waals surface area contributed by atoms with Crippen LogP contribution in [0.2, 0.25) is 0 Å². The standard InChI is InChI=1S/C12H22N4O2S2/c1-9(2)7-16(6-5-11(13)19)20(17,18)12-8-15(4)10(3)14-12/h8-9H,5-7H2,1-4H3,(H2,13,19). The van der Waals surface area contributed by atoms with Crippen LogP contribution in [-0.4, -0.2) is 40.4 Å². The van der Waals surface area contributed by atoms with Gasteiger partial charge in [-0.25, -0.2) is 13.4 Å². The van der Waals surface area contributed by atoms with E-state index >= 15 is 0 Å². The third kappa shape index (κ3) is 4.26. The van der Waals surface area contributed by atoms with Crippen LogP contribution in [0.3, 0.4) is 0 Å². The van der Waals surface area contributed by atoms with Gasteiger partial charge in [0.25, 0.3) is 10.0 Å². The highest BCUT2D eigenvalue weighted by Gasteiger charge is 2.27. The van der Waals surface area contributed by atoms with E-state index in [0.29, 0.717) is 23.8 Å². The summed E-state index contributed by atoms with van der Waals surface area (Å²) < 4.78 is 28.3. The number of imidazole rings is 1. The molecule has 0 amide bonds. The molecule has 0 unspecified atom stereocenters. The van der Waals surface area contributed by atoms with E-state index in [1.165, 1.54) is 10.5 Å². The number of aryl methyl sites for hydroxylation is 2. The van der Waals surface area contributed by atoms with Gasteiger partial charge in [-0.1, -0.05) is 26.1 Å². The highest BCUT2D eigenvalue weighted by molar-refractivity contribution is 7.89. The molecule has 0 aliphatic carbocycles. The van der Waals surface area contributed by atoms with Crippen LogP contribution in [0, 0.1) is 12.8 Å². The first-order valence-electron chi connectivity index (χ1n) is 6.43. The van der Waals surface area contributed by atoms with Crippen LogP contribution < -0.4 is 5.73 Å². The molecular weight excluding hydrogens is 296 g/mol. The Morgan fingerprint density at radius 1 is 1.55 bits per heavy atom. The number of thiocarbonyl (C=S) groups is 1. The summed E-state index contributed by atoms with van der Waals surface area (Å²) in [6, 6.07) is 0. The maximum absolute atomic E-state index is 12.6. The van der Waals surface area contributed by atoms with Crippen molar-refractivity contribution in [2.45, 2.75) is 32.2 Å². The SMILES string of the molecule is Cc1nc(S(=O)(=O)N(CCC(N)=S)CC(C)C)cn1C. The predicted octanol–water partition coefficient (Wildman–Crippen LogP) is 1.05. The second-order valence-electron chi connectivity index (χ2n) is 5.21. The molecule has 0 atom stereocenters. The zero-order valence-corrected chi connectivity index (χ0v) is 14.0. The Labute approximate surface area is 126 Å². The van der Waals surface area contributed by atoms with E-state index in [1.807, 2.05) is 13.8 Å². The monoisotopic (exact) mass is 318 g/mol. The maximum Gasteiger partial charge on any atom is 0.262 e. The lowest BCUT2D eigenvalue weighted by Gasteiger charge is -2.22. The molecule has 1 rings (SSSR count). The predicted molar refractivity (Wildman–Crippen MR) is 82.9 cm³/mol. The minimum Gasteiger partial charge on any atom is -0.393 e. The third-order valence-electron chi connectivity index (χ3n) is 2.87. The molecule has 8 heteroatoms. The quantitative estimate of drug-likeness (QED) is 0.760. The molecule has 0 radical (unpaired) electrons. The van der Waals surface area contributed by atoms with Crippen LogP contribution in [0.1, 0.15) is 26.1 Å². The first kappa shape index (κ1) is 17.1. The summed E-state index contributed by atoms with van der Waals surface area (Å²) in [5.74, 6) is 0.864. The van der Waals surface area contributed by atoms with Crippen molar-refractivity contribution in [2.24, 2.45) is 18.7 Å². The minimum atomic E-state index is -3.61. The Morgan fingerprint density at radius 3 is 2.55 bits per heavy atom. The van der Waals surface area contributed by atoms with Crippen molar-refractivity contribution in [2.75, 3.05) is 13.1 Å². The fourth-order valence-electron chi connectivity index (χ4n) is 1.73. The Kier molecular flexibility index (Phi) is 5.67. The van der Waals surface area contributed by atoms with Crippen LogP contribution in [-0.2, 0) is 17.1 Å². The lowest BCUT2D eigenvalue weighted by molar-refractivity contribution is 0.373. The van der Waals surface area contributed by atoms with Gasteiger partial charge in [0.05, 0.1) is 4.99 Å². The molecule has 2 N–H and O–H groups in total. The Morgan fingerprint density at radius 2 is 2.15 bits per heavy atom. The molecule has 0 fully saturated rings. The smallest absolute Gasteiger partial charge is 0.262 e. The second-order valence-corrected chi connectivity index (χ2v) is 7.62. The minimum absolute atomic E-state index is 0.0705. The van der Waals surface area contributed by atoms with E-state index in [2.05, 4.69) is 4.98 Å². The third-order valence-corrected chi connectivity index (χ3v) is 4.81.